The van der Waals surface area contributed by atoms with Crippen molar-refractivity contribution in [3.8, 4) is 5.75 Å². The molecule has 0 unspecified atom stereocenters. The van der Waals surface area contributed by atoms with E-state index in [2.05, 4.69) is 48.5 Å². The first-order valence-corrected chi connectivity index (χ1v) is 10.2. The van der Waals surface area contributed by atoms with Crippen molar-refractivity contribution in [2.45, 2.75) is 39.2 Å². The fourth-order valence-electron chi connectivity index (χ4n) is 3.30. The zero-order valence-corrected chi connectivity index (χ0v) is 17.2. The lowest BCUT2D eigenvalue weighted by Gasteiger charge is -2.11. The van der Waals surface area contributed by atoms with E-state index in [1.165, 1.54) is 11.6 Å². The highest BCUT2D eigenvalue weighted by Crippen LogP contribution is 2.20. The third kappa shape index (κ3) is 5.47. The first-order chi connectivity index (χ1) is 14.1. The molecule has 29 heavy (non-hydrogen) atoms. The topological polar surface area (TPSA) is 56.2 Å². The van der Waals surface area contributed by atoms with Crippen LogP contribution in [0.25, 0.3) is 11.0 Å². The molecule has 5 heteroatoms. The molecule has 0 atom stereocenters. The second kappa shape index (κ2) is 9.92. The van der Waals surface area contributed by atoms with Crippen molar-refractivity contribution in [2.24, 2.45) is 0 Å². The summed E-state index contributed by atoms with van der Waals surface area (Å²) in [5, 5.41) is 2.82. The Morgan fingerprint density at radius 1 is 1.21 bits per heavy atom. The molecule has 5 nitrogen and oxygen atoms in total. The number of imidazole rings is 1. The number of amides is 1. The van der Waals surface area contributed by atoms with Crippen LogP contribution >= 0.6 is 0 Å². The molecule has 152 valence electrons. The summed E-state index contributed by atoms with van der Waals surface area (Å²) in [5.74, 6) is 2.23. The average molecular weight is 392 g/mol. The lowest BCUT2D eigenvalue weighted by molar-refractivity contribution is -0.116. The Hall–Kier alpha value is -3.08. The number of nitrogens with zero attached hydrogens (tertiary/aromatic N) is 2. The molecule has 0 saturated carbocycles. The zero-order valence-electron chi connectivity index (χ0n) is 17.2. The van der Waals surface area contributed by atoms with Gasteiger partial charge < -0.3 is 14.6 Å². The first-order valence-electron chi connectivity index (χ1n) is 10.2. The van der Waals surface area contributed by atoms with E-state index in [0.29, 0.717) is 25.5 Å². The van der Waals surface area contributed by atoms with Crippen molar-refractivity contribution in [1.82, 2.24) is 14.9 Å². The van der Waals surface area contributed by atoms with Crippen molar-refractivity contribution in [2.75, 3.05) is 13.2 Å². The molecule has 3 rings (SSSR count). The monoisotopic (exact) mass is 391 g/mol. The molecule has 0 aliphatic heterocycles. The van der Waals surface area contributed by atoms with Gasteiger partial charge in [-0.25, -0.2) is 4.98 Å². The number of ether oxygens (including phenoxy) is 1. The number of rotatable bonds is 10. The van der Waals surface area contributed by atoms with E-state index >= 15 is 0 Å². The van der Waals surface area contributed by atoms with E-state index in [1.54, 1.807) is 0 Å². The van der Waals surface area contributed by atoms with Gasteiger partial charge in [0.25, 0.3) is 0 Å². The van der Waals surface area contributed by atoms with Crippen LogP contribution in [0.4, 0.5) is 0 Å². The predicted octanol–water partition coefficient (Wildman–Crippen LogP) is 4.47. The van der Waals surface area contributed by atoms with Gasteiger partial charge in [-0.15, -0.1) is 0 Å². The zero-order chi connectivity index (χ0) is 20.6. The molecule has 0 saturated heterocycles. The minimum Gasteiger partial charge on any atom is -0.494 e. The van der Waals surface area contributed by atoms with Gasteiger partial charge in [0, 0.05) is 19.5 Å². The largest absolute Gasteiger partial charge is 0.494 e. The molecule has 0 bridgehead atoms. The molecule has 1 aromatic heterocycles. The quantitative estimate of drug-likeness (QED) is 0.410. The van der Waals surface area contributed by atoms with Gasteiger partial charge in [-0.3, -0.25) is 4.79 Å². The Labute approximate surface area is 172 Å². The van der Waals surface area contributed by atoms with E-state index in [-0.39, 0.29) is 5.91 Å². The Kier molecular flexibility index (Phi) is 7.06. The van der Waals surface area contributed by atoms with Crippen LogP contribution in [0.2, 0.25) is 0 Å². The molecule has 0 spiro atoms. The maximum absolute atomic E-state index is 11.4. The van der Waals surface area contributed by atoms with Crippen molar-refractivity contribution >= 4 is 16.9 Å². The molecule has 3 aromatic rings. The molecule has 2 aromatic carbocycles. The van der Waals surface area contributed by atoms with Gasteiger partial charge in [-0.05, 0) is 48.2 Å². The van der Waals surface area contributed by atoms with Crippen LogP contribution in [0.1, 0.15) is 37.6 Å². The Morgan fingerprint density at radius 2 is 1.97 bits per heavy atom. The summed E-state index contributed by atoms with van der Waals surface area (Å²) in [4.78, 5) is 16.1. The number of para-hydroxylation sites is 2. The van der Waals surface area contributed by atoms with Gasteiger partial charge in [0.1, 0.15) is 11.6 Å². The summed E-state index contributed by atoms with van der Waals surface area (Å²) in [6.45, 7) is 9.84. The number of aryl methyl sites for hydroxylation is 1. The van der Waals surface area contributed by atoms with E-state index in [4.69, 9.17) is 9.72 Å². The summed E-state index contributed by atoms with van der Waals surface area (Å²) in [5.41, 5.74) is 3.40. The van der Waals surface area contributed by atoms with Crippen LogP contribution in [0.15, 0.2) is 61.2 Å². The minimum absolute atomic E-state index is 0.162. The second-order valence-corrected chi connectivity index (χ2v) is 7.34. The lowest BCUT2D eigenvalue weighted by atomic mass is 10.0. The van der Waals surface area contributed by atoms with Gasteiger partial charge in [0.2, 0.25) is 5.91 Å². The second-order valence-electron chi connectivity index (χ2n) is 7.34. The van der Waals surface area contributed by atoms with Crippen LogP contribution in [-0.4, -0.2) is 28.6 Å². The van der Waals surface area contributed by atoms with E-state index in [9.17, 15) is 4.79 Å². The van der Waals surface area contributed by atoms with Gasteiger partial charge >= 0.3 is 0 Å². The standard InChI is InChI=1S/C24H29N3O2/c1-4-24(28)25-15-14-23-26-21-8-5-6-9-22(21)27(23)16-7-17-29-20-12-10-19(11-13-20)18(2)3/h4-6,8-13,18H,1,7,14-17H2,2-3H3,(H,25,28). The third-order valence-electron chi connectivity index (χ3n) is 4.91. The van der Waals surface area contributed by atoms with E-state index < -0.39 is 0 Å². The van der Waals surface area contributed by atoms with Crippen LogP contribution in [0, 0.1) is 0 Å². The molecule has 0 fully saturated rings. The van der Waals surface area contributed by atoms with Gasteiger partial charge in [0.15, 0.2) is 0 Å². The number of nitrogens with one attached hydrogen (secondary N) is 1. The highest BCUT2D eigenvalue weighted by atomic mass is 16.5. The number of fused-ring (bicyclic) bond motifs is 1. The maximum atomic E-state index is 11.4. The van der Waals surface area contributed by atoms with E-state index in [1.807, 2.05) is 30.3 Å². The summed E-state index contributed by atoms with van der Waals surface area (Å²) < 4.78 is 8.14. The Morgan fingerprint density at radius 3 is 2.69 bits per heavy atom. The lowest BCUT2D eigenvalue weighted by Crippen LogP contribution is -2.24. The van der Waals surface area contributed by atoms with Gasteiger partial charge in [-0.1, -0.05) is 44.7 Å². The predicted molar refractivity (Wildman–Crippen MR) is 117 cm³/mol. The summed E-state index contributed by atoms with van der Waals surface area (Å²) in [7, 11) is 0. The minimum atomic E-state index is -0.162. The molecule has 1 N–H and O–H groups in total. The number of hydrogen-bond acceptors (Lipinski definition) is 3. The highest BCUT2D eigenvalue weighted by Gasteiger charge is 2.10. The van der Waals surface area contributed by atoms with Crippen molar-refractivity contribution in [1.29, 1.82) is 0 Å². The highest BCUT2D eigenvalue weighted by molar-refractivity contribution is 5.86. The van der Waals surface area contributed by atoms with Crippen molar-refractivity contribution < 1.29 is 9.53 Å². The third-order valence-corrected chi connectivity index (χ3v) is 4.91. The molecule has 0 aliphatic rings. The van der Waals surface area contributed by atoms with Crippen molar-refractivity contribution in [3.63, 3.8) is 0 Å². The Bertz CT molecular complexity index is 958. The maximum Gasteiger partial charge on any atom is 0.243 e. The summed E-state index contributed by atoms with van der Waals surface area (Å²) >= 11 is 0. The van der Waals surface area contributed by atoms with Crippen molar-refractivity contribution in [3.05, 3.63) is 72.6 Å². The fourth-order valence-corrected chi connectivity index (χ4v) is 3.30. The first kappa shape index (κ1) is 20.6. The molecular weight excluding hydrogens is 362 g/mol. The smallest absolute Gasteiger partial charge is 0.243 e. The normalized spacial score (nSPS) is 11.0. The van der Waals surface area contributed by atoms with Crippen LogP contribution in [-0.2, 0) is 17.8 Å². The molecular formula is C24H29N3O2. The average Bonchev–Trinajstić information content (AvgIpc) is 3.08. The Balaban J connectivity index is 1.60. The SMILES string of the molecule is C=CC(=O)NCCc1nc2ccccc2n1CCCOc1ccc(C(C)C)cc1. The molecule has 0 aliphatic carbocycles. The number of carbonyl (C=O) groups is 1. The number of hydrogen-bond donors (Lipinski definition) is 1. The molecule has 1 amide bonds. The summed E-state index contributed by atoms with van der Waals surface area (Å²) in [6.07, 6.45) is 2.83. The summed E-state index contributed by atoms with van der Waals surface area (Å²) in [6, 6.07) is 16.4. The van der Waals surface area contributed by atoms with Gasteiger partial charge in [-0.2, -0.15) is 0 Å². The fraction of sp³-hybridized carbons (Fsp3) is 0.333. The number of aromatic nitrogens is 2. The van der Waals surface area contributed by atoms with E-state index in [0.717, 1.165) is 35.6 Å². The van der Waals surface area contributed by atoms with Crippen LogP contribution in [0.5, 0.6) is 5.75 Å². The number of benzene rings is 2. The molecule has 0 radical (unpaired) electrons. The van der Waals surface area contributed by atoms with Gasteiger partial charge in [0.05, 0.1) is 17.6 Å². The van der Waals surface area contributed by atoms with Crippen LogP contribution < -0.4 is 10.1 Å². The number of carbonyl (C=O) groups excluding carboxylic acids is 1. The van der Waals surface area contributed by atoms with Crippen LogP contribution in [0.3, 0.4) is 0 Å². The molecule has 1 heterocycles.